The minimum atomic E-state index is -3.49. The fourth-order valence-electron chi connectivity index (χ4n) is 4.32. The third-order valence-electron chi connectivity index (χ3n) is 6.02. The van der Waals surface area contributed by atoms with E-state index in [0.717, 1.165) is 43.6 Å². The fourth-order valence-corrected chi connectivity index (χ4v) is 6.20. The highest BCUT2D eigenvalue weighted by Crippen LogP contribution is 2.57. The molecule has 3 saturated heterocycles. The molecule has 6 heteroatoms. The van der Waals surface area contributed by atoms with E-state index in [4.69, 9.17) is 14.8 Å². The van der Waals surface area contributed by atoms with Crippen molar-refractivity contribution in [3.05, 3.63) is 71.8 Å². The highest BCUT2D eigenvalue weighted by atomic mass is 31.2. The van der Waals surface area contributed by atoms with Crippen molar-refractivity contribution in [2.45, 2.75) is 31.8 Å². The first-order chi connectivity index (χ1) is 13.6. The number of piperidine rings is 3. The molecule has 0 saturated carbocycles. The van der Waals surface area contributed by atoms with Crippen LogP contribution in [0.15, 0.2) is 60.7 Å². The van der Waals surface area contributed by atoms with E-state index in [0.29, 0.717) is 5.92 Å². The second-order valence-corrected chi connectivity index (χ2v) is 10.0. The second kappa shape index (κ2) is 8.89. The van der Waals surface area contributed by atoms with Crippen LogP contribution >= 0.6 is 7.60 Å². The Hall–Kier alpha value is -1.49. The maximum absolute atomic E-state index is 13.8. The van der Waals surface area contributed by atoms with Crippen molar-refractivity contribution in [3.8, 4) is 0 Å². The monoisotopic (exact) mass is 400 g/mol. The molecule has 3 aliphatic rings. The highest BCUT2D eigenvalue weighted by molar-refractivity contribution is 7.54. The Balaban J connectivity index is 1.50. The molecule has 2 atom stereocenters. The van der Waals surface area contributed by atoms with Crippen molar-refractivity contribution in [1.82, 2.24) is 4.90 Å². The molecular weight excluding hydrogens is 371 g/mol. The van der Waals surface area contributed by atoms with E-state index in [1.807, 2.05) is 60.7 Å². The lowest BCUT2D eigenvalue weighted by atomic mass is 9.79. The van der Waals surface area contributed by atoms with E-state index in [1.165, 1.54) is 0 Å². The summed E-state index contributed by atoms with van der Waals surface area (Å²) in [5.74, 6) is 0.0573. The van der Waals surface area contributed by atoms with Crippen LogP contribution in [-0.2, 0) is 26.8 Å². The van der Waals surface area contributed by atoms with E-state index in [2.05, 4.69) is 4.90 Å². The molecule has 2 N–H and O–H groups in total. The molecule has 2 aromatic rings. The Kier molecular flexibility index (Phi) is 6.29. The largest absolute Gasteiger partial charge is 0.348 e. The van der Waals surface area contributed by atoms with Gasteiger partial charge in [0.15, 0.2) is 0 Å². The van der Waals surface area contributed by atoms with Crippen LogP contribution < -0.4 is 5.73 Å². The van der Waals surface area contributed by atoms with Crippen LogP contribution in [0, 0.1) is 11.8 Å². The van der Waals surface area contributed by atoms with Gasteiger partial charge in [-0.25, -0.2) is 0 Å². The number of hydrogen-bond acceptors (Lipinski definition) is 5. The quantitative estimate of drug-likeness (QED) is 0.672. The zero-order valence-corrected chi connectivity index (χ0v) is 17.0. The first kappa shape index (κ1) is 19.8. The summed E-state index contributed by atoms with van der Waals surface area (Å²) in [6, 6.07) is 19.5. The van der Waals surface area contributed by atoms with Gasteiger partial charge in [0.05, 0.1) is 13.2 Å². The summed E-state index contributed by atoms with van der Waals surface area (Å²) in [6.07, 6.45) is 2.24. The van der Waals surface area contributed by atoms with Crippen molar-refractivity contribution in [1.29, 1.82) is 0 Å². The zero-order valence-electron chi connectivity index (χ0n) is 16.2. The van der Waals surface area contributed by atoms with Crippen molar-refractivity contribution in [2.24, 2.45) is 17.6 Å². The van der Waals surface area contributed by atoms with Crippen molar-refractivity contribution < 1.29 is 13.6 Å². The van der Waals surface area contributed by atoms with E-state index in [-0.39, 0.29) is 19.1 Å². The molecule has 3 fully saturated rings. The molecule has 0 unspecified atom stereocenters. The molecule has 5 nitrogen and oxygen atoms in total. The van der Waals surface area contributed by atoms with Gasteiger partial charge in [0, 0.05) is 12.5 Å². The van der Waals surface area contributed by atoms with Crippen LogP contribution in [0.5, 0.6) is 0 Å². The van der Waals surface area contributed by atoms with Crippen LogP contribution in [0.25, 0.3) is 0 Å². The van der Waals surface area contributed by atoms with Gasteiger partial charge in [-0.3, -0.25) is 4.57 Å². The summed E-state index contributed by atoms with van der Waals surface area (Å²) in [4.78, 5) is 2.42. The molecule has 3 heterocycles. The molecule has 0 radical (unpaired) electrons. The molecule has 2 bridgehead atoms. The topological polar surface area (TPSA) is 64.8 Å². The van der Waals surface area contributed by atoms with Gasteiger partial charge in [0.1, 0.15) is 5.78 Å². The van der Waals surface area contributed by atoms with E-state index in [1.54, 1.807) is 0 Å². The average molecular weight is 400 g/mol. The molecule has 0 amide bonds. The zero-order chi connectivity index (χ0) is 19.4. The summed E-state index contributed by atoms with van der Waals surface area (Å²) in [5.41, 5.74) is 8.53. The second-order valence-electron chi connectivity index (χ2n) is 7.85. The number of fused-ring (bicyclic) bond motifs is 3. The number of nitrogens with two attached hydrogens (primary N) is 1. The van der Waals surface area contributed by atoms with Gasteiger partial charge >= 0.3 is 7.60 Å². The lowest BCUT2D eigenvalue weighted by Crippen LogP contribution is -2.53. The minimum absolute atomic E-state index is 0.153. The predicted octanol–water partition coefficient (Wildman–Crippen LogP) is 4.24. The maximum Gasteiger partial charge on any atom is 0.348 e. The van der Waals surface area contributed by atoms with Crippen molar-refractivity contribution in [3.63, 3.8) is 0 Å². The smallest absolute Gasteiger partial charge is 0.317 e. The van der Waals surface area contributed by atoms with Crippen LogP contribution in [0.3, 0.4) is 0 Å². The Labute approximate surface area is 167 Å². The van der Waals surface area contributed by atoms with Gasteiger partial charge in [-0.2, -0.15) is 0 Å². The molecule has 2 aromatic carbocycles. The summed E-state index contributed by atoms with van der Waals surface area (Å²) in [7, 11) is -3.49. The summed E-state index contributed by atoms with van der Waals surface area (Å²) < 4.78 is 25.7. The third kappa shape index (κ3) is 4.56. The van der Waals surface area contributed by atoms with Crippen LogP contribution in [0.4, 0.5) is 0 Å². The van der Waals surface area contributed by atoms with Gasteiger partial charge in [-0.1, -0.05) is 60.7 Å². The fraction of sp³-hybridized carbons (Fsp3) is 0.455. The summed E-state index contributed by atoms with van der Waals surface area (Å²) in [6.45, 7) is 3.60. The third-order valence-corrected chi connectivity index (χ3v) is 8.11. The number of nitrogens with zero attached hydrogens (tertiary/aromatic N) is 1. The molecule has 3 aliphatic heterocycles. The highest BCUT2D eigenvalue weighted by Gasteiger charge is 2.46. The molecule has 150 valence electrons. The first-order valence-corrected chi connectivity index (χ1v) is 11.7. The minimum Gasteiger partial charge on any atom is -0.317 e. The van der Waals surface area contributed by atoms with Gasteiger partial charge < -0.3 is 19.7 Å². The van der Waals surface area contributed by atoms with Crippen molar-refractivity contribution >= 4 is 7.60 Å². The van der Waals surface area contributed by atoms with Crippen LogP contribution in [-0.4, -0.2) is 30.3 Å². The number of benzene rings is 2. The van der Waals surface area contributed by atoms with Gasteiger partial charge in [-0.05, 0) is 43.0 Å². The molecule has 28 heavy (non-hydrogen) atoms. The summed E-state index contributed by atoms with van der Waals surface area (Å²) in [5, 5.41) is 0. The van der Waals surface area contributed by atoms with E-state index >= 15 is 0 Å². The average Bonchev–Trinajstić information content (AvgIpc) is 2.78. The maximum atomic E-state index is 13.8. The molecular formula is C22H29N2O3P. The number of rotatable bonds is 8. The molecule has 0 spiro atoms. The lowest BCUT2D eigenvalue weighted by Gasteiger charge is -2.47. The normalized spacial score (nSPS) is 25.5. The Morgan fingerprint density at radius 2 is 1.43 bits per heavy atom. The predicted molar refractivity (Wildman–Crippen MR) is 111 cm³/mol. The van der Waals surface area contributed by atoms with Crippen LogP contribution in [0.1, 0.15) is 24.0 Å². The van der Waals surface area contributed by atoms with Gasteiger partial charge in [0.25, 0.3) is 0 Å². The van der Waals surface area contributed by atoms with Gasteiger partial charge in [0.2, 0.25) is 0 Å². The Bertz CT molecular complexity index is 746. The first-order valence-electron chi connectivity index (χ1n) is 10.1. The van der Waals surface area contributed by atoms with Crippen molar-refractivity contribution in [2.75, 3.05) is 19.6 Å². The van der Waals surface area contributed by atoms with Crippen LogP contribution in [0.2, 0.25) is 0 Å². The lowest BCUT2D eigenvalue weighted by molar-refractivity contribution is 0.0417. The Morgan fingerprint density at radius 1 is 0.929 bits per heavy atom. The van der Waals surface area contributed by atoms with E-state index < -0.39 is 13.4 Å². The SMILES string of the molecule is N[C@H]([C@H]1CN2CCC1CC2)P(=O)(OCc1ccccc1)OCc1ccccc1. The van der Waals surface area contributed by atoms with E-state index in [9.17, 15) is 4.57 Å². The summed E-state index contributed by atoms with van der Waals surface area (Å²) >= 11 is 0. The molecule has 0 aliphatic carbocycles. The Morgan fingerprint density at radius 3 is 1.86 bits per heavy atom. The standard InChI is InChI=1S/C22H29N2O3P/c23-22(21-15-24-13-11-20(21)12-14-24)28(25,26-16-18-7-3-1-4-8-18)27-17-19-9-5-2-6-10-19/h1-10,20-22H,11-17,23H2/t21-,22-/m0/s1. The number of hydrogen-bond donors (Lipinski definition) is 1. The molecule has 0 aromatic heterocycles. The molecule has 5 rings (SSSR count). The van der Waals surface area contributed by atoms with Gasteiger partial charge in [-0.15, -0.1) is 0 Å².